The third-order valence-electron chi connectivity index (χ3n) is 2.59. The van der Waals surface area contributed by atoms with Crippen LogP contribution in [-0.2, 0) is 6.42 Å². The molecule has 100 valence electrons. The Bertz CT molecular complexity index is 559. The van der Waals surface area contributed by atoms with Crippen LogP contribution in [0, 0.1) is 11.7 Å². The second-order valence-corrected chi connectivity index (χ2v) is 5.42. The minimum atomic E-state index is -0.312. The van der Waals surface area contributed by atoms with Crippen LogP contribution in [0.2, 0.25) is 10.3 Å². The van der Waals surface area contributed by atoms with Gasteiger partial charge in [0.1, 0.15) is 21.9 Å². The van der Waals surface area contributed by atoms with Crippen LogP contribution in [0.4, 0.5) is 4.39 Å². The van der Waals surface area contributed by atoms with Gasteiger partial charge in [-0.25, -0.2) is 14.4 Å². The average molecular weight is 299 g/mol. The molecule has 0 atom stereocenters. The summed E-state index contributed by atoms with van der Waals surface area (Å²) in [6, 6.07) is 5.91. The molecule has 0 saturated carbocycles. The number of halogens is 3. The van der Waals surface area contributed by atoms with Gasteiger partial charge >= 0.3 is 0 Å². The van der Waals surface area contributed by atoms with E-state index < -0.39 is 0 Å². The van der Waals surface area contributed by atoms with Crippen LogP contribution in [0.5, 0.6) is 0 Å². The minimum absolute atomic E-state index is 0.294. The molecule has 0 aliphatic rings. The Labute approximate surface area is 121 Å². The molecule has 2 aromatic rings. The Morgan fingerprint density at radius 1 is 1.05 bits per heavy atom. The van der Waals surface area contributed by atoms with Gasteiger partial charge in [0.15, 0.2) is 0 Å². The van der Waals surface area contributed by atoms with E-state index >= 15 is 0 Å². The van der Waals surface area contributed by atoms with Crippen molar-refractivity contribution in [3.05, 3.63) is 46.2 Å². The van der Waals surface area contributed by atoms with E-state index in [9.17, 15) is 4.39 Å². The highest BCUT2D eigenvalue weighted by molar-refractivity contribution is 6.37. The van der Waals surface area contributed by atoms with Gasteiger partial charge in [-0.2, -0.15) is 0 Å². The zero-order valence-electron chi connectivity index (χ0n) is 10.6. The van der Waals surface area contributed by atoms with Crippen molar-refractivity contribution in [3.63, 3.8) is 0 Å². The molecule has 0 unspecified atom stereocenters. The van der Waals surface area contributed by atoms with E-state index in [1.165, 1.54) is 12.1 Å². The fraction of sp³-hybridized carbons (Fsp3) is 0.286. The van der Waals surface area contributed by atoms with Crippen LogP contribution in [0.15, 0.2) is 24.3 Å². The molecular weight excluding hydrogens is 286 g/mol. The van der Waals surface area contributed by atoms with Crippen molar-refractivity contribution in [1.29, 1.82) is 0 Å². The molecule has 0 fully saturated rings. The Balaban J connectivity index is 2.44. The fourth-order valence-corrected chi connectivity index (χ4v) is 2.40. The number of hydrogen-bond acceptors (Lipinski definition) is 2. The van der Waals surface area contributed by atoms with Gasteiger partial charge in [0.05, 0.1) is 5.56 Å². The Morgan fingerprint density at radius 3 is 2.05 bits per heavy atom. The lowest BCUT2D eigenvalue weighted by molar-refractivity contribution is 0.620. The Hall–Kier alpha value is -1.19. The largest absolute Gasteiger partial charge is 0.220 e. The van der Waals surface area contributed by atoms with Crippen molar-refractivity contribution in [2.24, 2.45) is 5.92 Å². The molecule has 0 amide bonds. The zero-order chi connectivity index (χ0) is 14.0. The summed E-state index contributed by atoms with van der Waals surface area (Å²) in [5, 5.41) is 0.588. The third-order valence-corrected chi connectivity index (χ3v) is 3.14. The summed E-state index contributed by atoms with van der Waals surface area (Å²) < 4.78 is 12.9. The summed E-state index contributed by atoms with van der Waals surface area (Å²) in [4.78, 5) is 8.50. The minimum Gasteiger partial charge on any atom is -0.220 e. The van der Waals surface area contributed by atoms with Crippen LogP contribution < -0.4 is 0 Å². The van der Waals surface area contributed by atoms with E-state index in [4.69, 9.17) is 23.2 Å². The highest BCUT2D eigenvalue weighted by atomic mass is 35.5. The molecule has 1 aromatic heterocycles. The lowest BCUT2D eigenvalue weighted by Crippen LogP contribution is -2.02. The SMILES string of the molecule is CC(C)Cc1nc(Cl)c(-c2ccc(F)cc2)c(Cl)n1. The van der Waals surface area contributed by atoms with Crippen molar-refractivity contribution >= 4 is 23.2 Å². The molecule has 0 aliphatic heterocycles. The van der Waals surface area contributed by atoms with E-state index in [0.29, 0.717) is 39.6 Å². The zero-order valence-corrected chi connectivity index (χ0v) is 12.1. The summed E-state index contributed by atoms with van der Waals surface area (Å²) in [6.45, 7) is 4.14. The van der Waals surface area contributed by atoms with E-state index in [2.05, 4.69) is 23.8 Å². The highest BCUT2D eigenvalue weighted by Gasteiger charge is 2.14. The van der Waals surface area contributed by atoms with Crippen molar-refractivity contribution in [2.75, 3.05) is 0 Å². The maximum absolute atomic E-state index is 12.9. The van der Waals surface area contributed by atoms with Crippen LogP contribution in [0.25, 0.3) is 11.1 Å². The molecule has 0 radical (unpaired) electrons. The van der Waals surface area contributed by atoms with Gasteiger partial charge in [0.25, 0.3) is 0 Å². The molecular formula is C14H13Cl2FN2. The predicted octanol–water partition coefficient (Wildman–Crippen LogP) is 4.79. The molecule has 19 heavy (non-hydrogen) atoms. The fourth-order valence-electron chi connectivity index (χ4n) is 1.76. The summed E-state index contributed by atoms with van der Waals surface area (Å²) in [5.74, 6) is 0.730. The molecule has 0 bridgehead atoms. The Morgan fingerprint density at radius 2 is 1.58 bits per heavy atom. The molecule has 0 spiro atoms. The van der Waals surface area contributed by atoms with E-state index in [1.54, 1.807) is 12.1 Å². The smallest absolute Gasteiger partial charge is 0.142 e. The number of nitrogens with zero attached hydrogens (tertiary/aromatic N) is 2. The molecule has 0 aliphatic carbocycles. The summed E-state index contributed by atoms with van der Waals surface area (Å²) in [7, 11) is 0. The molecule has 5 heteroatoms. The quantitative estimate of drug-likeness (QED) is 0.762. The first kappa shape index (κ1) is 14.2. The third kappa shape index (κ3) is 3.43. The van der Waals surface area contributed by atoms with Gasteiger partial charge in [-0.15, -0.1) is 0 Å². The first-order chi connectivity index (χ1) is 8.97. The molecule has 0 N–H and O–H groups in total. The van der Waals surface area contributed by atoms with Gasteiger partial charge < -0.3 is 0 Å². The van der Waals surface area contributed by atoms with Crippen molar-refractivity contribution < 1.29 is 4.39 Å². The lowest BCUT2D eigenvalue weighted by atomic mass is 10.1. The van der Waals surface area contributed by atoms with Crippen LogP contribution >= 0.6 is 23.2 Å². The molecule has 2 rings (SSSR count). The van der Waals surface area contributed by atoms with E-state index in [0.717, 1.165) is 0 Å². The van der Waals surface area contributed by atoms with Crippen molar-refractivity contribution in [2.45, 2.75) is 20.3 Å². The van der Waals surface area contributed by atoms with E-state index in [-0.39, 0.29) is 5.82 Å². The molecule has 1 aromatic carbocycles. The average Bonchev–Trinajstić information content (AvgIpc) is 2.29. The second-order valence-electron chi connectivity index (χ2n) is 4.70. The van der Waals surface area contributed by atoms with Crippen molar-refractivity contribution in [1.82, 2.24) is 9.97 Å². The lowest BCUT2D eigenvalue weighted by Gasteiger charge is -2.09. The first-order valence-electron chi connectivity index (χ1n) is 5.95. The number of aromatic nitrogens is 2. The van der Waals surface area contributed by atoms with Crippen LogP contribution in [0.3, 0.4) is 0 Å². The summed E-state index contributed by atoms with van der Waals surface area (Å²) in [5.41, 5.74) is 1.24. The summed E-state index contributed by atoms with van der Waals surface area (Å²) >= 11 is 12.3. The molecule has 2 nitrogen and oxygen atoms in total. The van der Waals surface area contributed by atoms with Crippen LogP contribution in [-0.4, -0.2) is 9.97 Å². The van der Waals surface area contributed by atoms with Gasteiger partial charge in [-0.1, -0.05) is 49.2 Å². The van der Waals surface area contributed by atoms with Gasteiger partial charge in [0, 0.05) is 6.42 Å². The second kappa shape index (κ2) is 5.85. The highest BCUT2D eigenvalue weighted by Crippen LogP contribution is 2.32. The maximum Gasteiger partial charge on any atom is 0.142 e. The number of hydrogen-bond donors (Lipinski definition) is 0. The number of rotatable bonds is 3. The molecule has 1 heterocycles. The van der Waals surface area contributed by atoms with Gasteiger partial charge in [0.2, 0.25) is 0 Å². The normalized spacial score (nSPS) is 11.1. The van der Waals surface area contributed by atoms with Gasteiger partial charge in [-0.3, -0.25) is 0 Å². The standard InChI is InChI=1S/C14H13Cl2FN2/c1-8(2)7-11-18-13(15)12(14(16)19-11)9-3-5-10(17)6-4-9/h3-6,8H,7H2,1-2H3. The first-order valence-corrected chi connectivity index (χ1v) is 6.71. The monoisotopic (exact) mass is 298 g/mol. The van der Waals surface area contributed by atoms with Crippen molar-refractivity contribution in [3.8, 4) is 11.1 Å². The number of benzene rings is 1. The van der Waals surface area contributed by atoms with Gasteiger partial charge in [-0.05, 0) is 23.6 Å². The topological polar surface area (TPSA) is 25.8 Å². The van der Waals surface area contributed by atoms with Crippen LogP contribution in [0.1, 0.15) is 19.7 Å². The maximum atomic E-state index is 12.9. The summed E-state index contributed by atoms with van der Waals surface area (Å²) in [6.07, 6.45) is 0.711. The van der Waals surface area contributed by atoms with E-state index in [1.807, 2.05) is 0 Å². The molecule has 0 saturated heterocycles. The Kier molecular flexibility index (Phi) is 4.38. The predicted molar refractivity (Wildman–Crippen MR) is 76.0 cm³/mol.